The number of carbonyl (C=O) groups is 2. The lowest BCUT2D eigenvalue weighted by atomic mass is 9.95. The summed E-state index contributed by atoms with van der Waals surface area (Å²) in [7, 11) is 1.42. The third-order valence-electron chi connectivity index (χ3n) is 5.97. The largest absolute Gasteiger partial charge is 0.507 e. The number of carbonyl (C=O) groups excluding carboxylic acids is 2. The van der Waals surface area contributed by atoms with Crippen LogP contribution in [0.3, 0.4) is 0 Å². The van der Waals surface area contributed by atoms with Crippen LogP contribution in [-0.4, -0.2) is 38.9 Å². The minimum atomic E-state index is -0.955. The number of ketones is 1. The second-order valence-corrected chi connectivity index (χ2v) is 8.77. The number of methoxy groups -OCH3 is 1. The van der Waals surface area contributed by atoms with Crippen molar-refractivity contribution in [1.29, 1.82) is 0 Å². The van der Waals surface area contributed by atoms with Gasteiger partial charge in [0.05, 0.1) is 40.3 Å². The van der Waals surface area contributed by atoms with E-state index < -0.39 is 17.7 Å². The van der Waals surface area contributed by atoms with Crippen LogP contribution in [0.2, 0.25) is 5.02 Å². The van der Waals surface area contributed by atoms with Gasteiger partial charge in [0.1, 0.15) is 11.5 Å². The fraction of sp³-hybridized carbons (Fsp3) is 0.154. The van der Waals surface area contributed by atoms with Crippen molar-refractivity contribution in [2.24, 2.45) is 0 Å². The molecule has 1 amide bonds. The number of ether oxygens (including phenoxy) is 1. The topological polar surface area (TPSA) is 108 Å². The second kappa shape index (κ2) is 8.56. The summed E-state index contributed by atoms with van der Waals surface area (Å²) in [5, 5.41) is 11.7. The first-order chi connectivity index (χ1) is 16.8. The smallest absolute Gasteiger partial charge is 0.302 e. The number of aromatic amines is 1. The van der Waals surface area contributed by atoms with E-state index in [1.165, 1.54) is 12.0 Å². The van der Waals surface area contributed by atoms with Crippen molar-refractivity contribution in [3.63, 3.8) is 0 Å². The van der Waals surface area contributed by atoms with Crippen LogP contribution in [0.5, 0.6) is 5.75 Å². The van der Waals surface area contributed by atoms with Crippen molar-refractivity contribution in [2.75, 3.05) is 12.0 Å². The van der Waals surface area contributed by atoms with Crippen molar-refractivity contribution in [2.45, 2.75) is 19.9 Å². The molecule has 2 N–H and O–H groups in total. The van der Waals surface area contributed by atoms with Crippen LogP contribution in [-0.2, 0) is 9.59 Å². The van der Waals surface area contributed by atoms with Gasteiger partial charge in [-0.2, -0.15) is 0 Å². The Morgan fingerprint density at radius 1 is 1.09 bits per heavy atom. The molecule has 1 aliphatic rings. The van der Waals surface area contributed by atoms with Gasteiger partial charge in [0, 0.05) is 12.4 Å². The van der Waals surface area contributed by atoms with Gasteiger partial charge >= 0.3 is 5.91 Å². The molecule has 4 aromatic rings. The first kappa shape index (κ1) is 22.6. The second-order valence-electron chi connectivity index (χ2n) is 8.36. The zero-order chi connectivity index (χ0) is 24.9. The van der Waals surface area contributed by atoms with Crippen LogP contribution >= 0.6 is 11.6 Å². The SMILES string of the molecule is COc1c(Cl)cc(C)cc1/C(O)=C1\C(=O)C(=O)N(c2nc3ccc(C)cc3[nH]2)C1c1ccncc1. The maximum atomic E-state index is 13.4. The lowest BCUT2D eigenvalue weighted by Crippen LogP contribution is -2.30. The summed E-state index contributed by atoms with van der Waals surface area (Å²) in [6.45, 7) is 3.75. The number of halogens is 1. The highest BCUT2D eigenvalue weighted by atomic mass is 35.5. The molecule has 2 aromatic carbocycles. The van der Waals surface area contributed by atoms with Gasteiger partial charge in [0.2, 0.25) is 5.95 Å². The van der Waals surface area contributed by atoms with Crippen LogP contribution in [0, 0.1) is 13.8 Å². The third kappa shape index (κ3) is 3.72. The molecule has 0 spiro atoms. The molecule has 2 aromatic heterocycles. The molecule has 0 radical (unpaired) electrons. The minimum Gasteiger partial charge on any atom is -0.507 e. The highest BCUT2D eigenvalue weighted by Gasteiger charge is 2.48. The molecule has 1 aliphatic heterocycles. The zero-order valence-corrected chi connectivity index (χ0v) is 19.9. The van der Waals surface area contributed by atoms with Gasteiger partial charge in [-0.1, -0.05) is 17.7 Å². The number of aromatic nitrogens is 3. The Bertz CT molecular complexity index is 1530. The van der Waals surface area contributed by atoms with Crippen LogP contribution in [0.15, 0.2) is 60.4 Å². The number of aliphatic hydroxyl groups excluding tert-OH is 1. The van der Waals surface area contributed by atoms with E-state index in [9.17, 15) is 14.7 Å². The van der Waals surface area contributed by atoms with E-state index in [-0.39, 0.29) is 33.6 Å². The molecule has 8 nitrogen and oxygen atoms in total. The fourth-order valence-corrected chi connectivity index (χ4v) is 4.74. The van der Waals surface area contributed by atoms with Crippen molar-refractivity contribution >= 4 is 46.0 Å². The van der Waals surface area contributed by atoms with E-state index in [4.69, 9.17) is 16.3 Å². The number of hydrogen-bond donors (Lipinski definition) is 2. The molecule has 0 bridgehead atoms. The minimum absolute atomic E-state index is 0.0993. The summed E-state index contributed by atoms with van der Waals surface area (Å²) >= 11 is 6.34. The van der Waals surface area contributed by atoms with E-state index in [1.54, 1.807) is 43.6 Å². The predicted molar refractivity (Wildman–Crippen MR) is 133 cm³/mol. The third-order valence-corrected chi connectivity index (χ3v) is 6.25. The van der Waals surface area contributed by atoms with Gasteiger partial charge in [0.15, 0.2) is 0 Å². The number of Topliss-reactive ketones (excluding diaryl/α,β-unsaturated/α-hetero) is 1. The van der Waals surface area contributed by atoms with E-state index in [1.807, 2.05) is 25.1 Å². The average Bonchev–Trinajstić information content (AvgIpc) is 3.36. The number of aliphatic hydroxyl groups is 1. The number of nitrogens with one attached hydrogen (secondary N) is 1. The Labute approximate surface area is 205 Å². The molecule has 0 saturated carbocycles. The molecular weight excluding hydrogens is 468 g/mol. The van der Waals surface area contributed by atoms with Crippen LogP contribution in [0.4, 0.5) is 5.95 Å². The number of fused-ring (bicyclic) bond motifs is 1. The molecule has 0 aliphatic carbocycles. The maximum Gasteiger partial charge on any atom is 0.302 e. The average molecular weight is 489 g/mol. The number of nitrogens with zero attached hydrogens (tertiary/aromatic N) is 3. The predicted octanol–water partition coefficient (Wildman–Crippen LogP) is 4.86. The molecule has 9 heteroatoms. The molecule has 1 fully saturated rings. The number of amides is 1. The van der Waals surface area contributed by atoms with Crippen molar-refractivity contribution in [3.05, 3.63) is 87.7 Å². The number of benzene rings is 2. The molecule has 1 saturated heterocycles. The highest BCUT2D eigenvalue weighted by Crippen LogP contribution is 2.44. The Morgan fingerprint density at radius 3 is 2.54 bits per heavy atom. The molecule has 176 valence electrons. The Morgan fingerprint density at radius 2 is 1.83 bits per heavy atom. The van der Waals surface area contributed by atoms with Gasteiger partial charge in [0.25, 0.3) is 5.78 Å². The van der Waals surface area contributed by atoms with E-state index in [0.717, 1.165) is 16.6 Å². The van der Waals surface area contributed by atoms with Crippen molar-refractivity contribution < 1.29 is 19.4 Å². The molecule has 5 rings (SSSR count). The van der Waals surface area contributed by atoms with Crippen LogP contribution in [0.1, 0.15) is 28.3 Å². The van der Waals surface area contributed by atoms with E-state index in [2.05, 4.69) is 15.0 Å². The summed E-state index contributed by atoms with van der Waals surface area (Å²) in [5.41, 5.74) is 3.84. The maximum absolute atomic E-state index is 13.4. The van der Waals surface area contributed by atoms with Crippen molar-refractivity contribution in [1.82, 2.24) is 15.0 Å². The van der Waals surface area contributed by atoms with Crippen LogP contribution in [0.25, 0.3) is 16.8 Å². The Balaban J connectivity index is 1.77. The number of H-pyrrole nitrogens is 1. The van der Waals surface area contributed by atoms with Crippen LogP contribution < -0.4 is 9.64 Å². The molecule has 1 atom stereocenters. The summed E-state index contributed by atoms with van der Waals surface area (Å²) in [5.74, 6) is -1.65. The summed E-state index contributed by atoms with van der Waals surface area (Å²) in [6.07, 6.45) is 3.11. The summed E-state index contributed by atoms with van der Waals surface area (Å²) < 4.78 is 5.41. The number of aryl methyl sites for hydroxylation is 2. The molecule has 1 unspecified atom stereocenters. The first-order valence-corrected chi connectivity index (χ1v) is 11.2. The Kier molecular flexibility index (Phi) is 5.53. The van der Waals surface area contributed by atoms with Gasteiger partial charge in [-0.05, 0) is 66.9 Å². The number of hydrogen-bond acceptors (Lipinski definition) is 6. The highest BCUT2D eigenvalue weighted by molar-refractivity contribution is 6.51. The summed E-state index contributed by atoms with van der Waals surface area (Å²) in [6, 6.07) is 11.4. The Hall–Kier alpha value is -4.17. The molecular formula is C26H21ClN4O4. The molecule has 35 heavy (non-hydrogen) atoms. The van der Waals surface area contributed by atoms with Crippen molar-refractivity contribution in [3.8, 4) is 5.75 Å². The van der Waals surface area contributed by atoms with Gasteiger partial charge in [-0.25, -0.2) is 4.98 Å². The quantitative estimate of drug-likeness (QED) is 0.241. The monoisotopic (exact) mass is 488 g/mol. The fourth-order valence-electron chi connectivity index (χ4n) is 4.39. The zero-order valence-electron chi connectivity index (χ0n) is 19.2. The lowest BCUT2D eigenvalue weighted by molar-refractivity contribution is -0.132. The van der Waals surface area contributed by atoms with Gasteiger partial charge in [-0.3, -0.25) is 19.5 Å². The lowest BCUT2D eigenvalue weighted by Gasteiger charge is -2.23. The normalized spacial score (nSPS) is 17.4. The molecule has 3 heterocycles. The number of anilines is 1. The van der Waals surface area contributed by atoms with Gasteiger partial charge < -0.3 is 14.8 Å². The van der Waals surface area contributed by atoms with E-state index >= 15 is 0 Å². The number of pyridine rings is 1. The number of rotatable bonds is 4. The van der Waals surface area contributed by atoms with Gasteiger partial charge in [-0.15, -0.1) is 0 Å². The first-order valence-electron chi connectivity index (χ1n) is 10.8. The number of imidazole rings is 1. The standard InChI is InChI=1S/C26H21ClN4O4/c1-13-4-5-18-19(12-13)30-26(29-18)31-21(15-6-8-28-9-7-15)20(23(33)25(31)34)22(32)16-10-14(2)11-17(27)24(16)35-3/h4-12,21,32H,1-3H3,(H,29,30)/b22-20+. The summed E-state index contributed by atoms with van der Waals surface area (Å²) in [4.78, 5) is 39.8. The van der Waals surface area contributed by atoms with E-state index in [0.29, 0.717) is 11.1 Å².